The van der Waals surface area contributed by atoms with Gasteiger partial charge in [-0.1, -0.05) is 0 Å². The molecule has 124 valence electrons. The molecule has 1 aliphatic heterocycles. The van der Waals surface area contributed by atoms with Crippen molar-refractivity contribution in [1.82, 2.24) is 5.32 Å². The van der Waals surface area contributed by atoms with E-state index in [0.29, 0.717) is 43.4 Å². The number of ether oxygens (including phenoxy) is 3. The molecule has 1 saturated heterocycles. The first-order valence-electron chi connectivity index (χ1n) is 7.14. The zero-order valence-corrected chi connectivity index (χ0v) is 13.7. The molecular weight excluding hydrogens is 308 g/mol. The van der Waals surface area contributed by atoms with E-state index in [1.165, 1.54) is 0 Å². The summed E-state index contributed by atoms with van der Waals surface area (Å²) in [4.78, 5) is 12.0. The Morgan fingerprint density at radius 1 is 1.45 bits per heavy atom. The summed E-state index contributed by atoms with van der Waals surface area (Å²) in [6, 6.07) is 5.42. The highest BCUT2D eigenvalue weighted by atomic mass is 35.5. The Labute approximate surface area is 136 Å². The van der Waals surface area contributed by atoms with E-state index < -0.39 is 0 Å². The smallest absolute Gasteiger partial charge is 0.226 e. The lowest BCUT2D eigenvalue weighted by Crippen LogP contribution is -2.43. The topological polar surface area (TPSA) is 68.8 Å². The zero-order valence-electron chi connectivity index (χ0n) is 12.9. The highest BCUT2D eigenvalue weighted by Crippen LogP contribution is 2.30. The Kier molecular flexibility index (Phi) is 8.01. The fraction of sp³-hybridized carbons (Fsp3) is 0.533. The average Bonchev–Trinajstić information content (AvgIpc) is 2.50. The van der Waals surface area contributed by atoms with Crippen LogP contribution < -0.4 is 20.1 Å². The van der Waals surface area contributed by atoms with Gasteiger partial charge in [0.15, 0.2) is 11.5 Å². The van der Waals surface area contributed by atoms with E-state index in [0.717, 1.165) is 6.54 Å². The number of carbonyl (C=O) groups is 1. The molecule has 0 saturated carbocycles. The minimum Gasteiger partial charge on any atom is -0.493 e. The predicted octanol–water partition coefficient (Wildman–Crippen LogP) is 1.83. The third kappa shape index (κ3) is 5.36. The number of rotatable bonds is 6. The molecular formula is C15H23ClN2O4. The summed E-state index contributed by atoms with van der Waals surface area (Å²) in [5.41, 5.74) is 0.692. The zero-order chi connectivity index (χ0) is 15.1. The van der Waals surface area contributed by atoms with Crippen molar-refractivity contribution < 1.29 is 19.0 Å². The van der Waals surface area contributed by atoms with Crippen LogP contribution in [0.4, 0.5) is 5.69 Å². The van der Waals surface area contributed by atoms with Crippen LogP contribution in [0, 0.1) is 0 Å². The molecule has 1 unspecified atom stereocenters. The van der Waals surface area contributed by atoms with E-state index in [2.05, 4.69) is 10.6 Å². The highest BCUT2D eigenvalue weighted by molar-refractivity contribution is 5.91. The van der Waals surface area contributed by atoms with Crippen molar-refractivity contribution in [3.8, 4) is 11.5 Å². The number of hydrogen-bond acceptors (Lipinski definition) is 5. The van der Waals surface area contributed by atoms with Gasteiger partial charge in [0.25, 0.3) is 0 Å². The van der Waals surface area contributed by atoms with Crippen LogP contribution in [0.15, 0.2) is 18.2 Å². The first-order valence-corrected chi connectivity index (χ1v) is 7.14. The number of anilines is 1. The van der Waals surface area contributed by atoms with Gasteiger partial charge in [-0.2, -0.15) is 0 Å². The van der Waals surface area contributed by atoms with Crippen molar-refractivity contribution >= 4 is 24.0 Å². The molecule has 1 heterocycles. The molecule has 0 aliphatic carbocycles. The van der Waals surface area contributed by atoms with Gasteiger partial charge in [-0.15, -0.1) is 12.4 Å². The Hall–Kier alpha value is -1.50. The van der Waals surface area contributed by atoms with Crippen LogP contribution in [-0.4, -0.2) is 45.4 Å². The molecule has 22 heavy (non-hydrogen) atoms. The second kappa shape index (κ2) is 9.50. The van der Waals surface area contributed by atoms with Gasteiger partial charge in [-0.3, -0.25) is 4.79 Å². The lowest BCUT2D eigenvalue weighted by atomic mass is 10.2. The Balaban J connectivity index is 0.00000242. The minimum absolute atomic E-state index is 0. The number of hydrogen-bond donors (Lipinski definition) is 2. The van der Waals surface area contributed by atoms with Crippen LogP contribution in [0.1, 0.15) is 13.3 Å². The predicted molar refractivity (Wildman–Crippen MR) is 87.3 cm³/mol. The van der Waals surface area contributed by atoms with Crippen molar-refractivity contribution in [2.45, 2.75) is 19.4 Å². The van der Waals surface area contributed by atoms with Gasteiger partial charge in [0, 0.05) is 30.8 Å². The monoisotopic (exact) mass is 330 g/mol. The van der Waals surface area contributed by atoms with Crippen molar-refractivity contribution in [1.29, 1.82) is 0 Å². The lowest BCUT2D eigenvalue weighted by Gasteiger charge is -2.23. The molecule has 0 radical (unpaired) electrons. The molecule has 1 aliphatic rings. The Bertz CT molecular complexity index is 479. The van der Waals surface area contributed by atoms with Crippen LogP contribution in [0.3, 0.4) is 0 Å². The van der Waals surface area contributed by atoms with Crippen LogP contribution in [0.5, 0.6) is 11.5 Å². The van der Waals surface area contributed by atoms with Crippen molar-refractivity contribution in [3.63, 3.8) is 0 Å². The van der Waals surface area contributed by atoms with Gasteiger partial charge < -0.3 is 24.8 Å². The fourth-order valence-electron chi connectivity index (χ4n) is 2.21. The van der Waals surface area contributed by atoms with Crippen LogP contribution in [0.25, 0.3) is 0 Å². The maximum absolute atomic E-state index is 12.0. The van der Waals surface area contributed by atoms with Crippen molar-refractivity contribution in [3.05, 3.63) is 18.2 Å². The summed E-state index contributed by atoms with van der Waals surface area (Å²) in [5.74, 6) is 1.22. The van der Waals surface area contributed by atoms with E-state index in [4.69, 9.17) is 14.2 Å². The normalized spacial score (nSPS) is 17.3. The van der Waals surface area contributed by atoms with Gasteiger partial charge in [-0.05, 0) is 19.1 Å². The van der Waals surface area contributed by atoms with E-state index in [-0.39, 0.29) is 24.4 Å². The number of carbonyl (C=O) groups excluding carboxylic acids is 1. The summed E-state index contributed by atoms with van der Waals surface area (Å²) in [6.45, 7) is 4.53. The van der Waals surface area contributed by atoms with Crippen molar-refractivity contribution in [2.75, 3.05) is 38.8 Å². The number of halogens is 1. The average molecular weight is 331 g/mol. The SMILES string of the molecule is CCOc1ccc(NC(=O)CC2COCCN2)cc1OC.Cl. The standard InChI is InChI=1S/C15H22N2O4.ClH/c1-3-21-13-5-4-11(8-14(13)19-2)17-15(18)9-12-10-20-7-6-16-12;/h4-5,8,12,16H,3,6-7,9-10H2,1-2H3,(H,17,18);1H. The molecule has 0 aromatic heterocycles. The third-order valence-corrected chi connectivity index (χ3v) is 3.18. The summed E-state index contributed by atoms with van der Waals surface area (Å²) in [7, 11) is 1.58. The number of methoxy groups -OCH3 is 1. The first kappa shape index (κ1) is 18.5. The summed E-state index contributed by atoms with van der Waals surface area (Å²) in [6.07, 6.45) is 0.384. The number of benzene rings is 1. The molecule has 7 heteroatoms. The number of amides is 1. The highest BCUT2D eigenvalue weighted by Gasteiger charge is 2.17. The first-order chi connectivity index (χ1) is 10.2. The molecule has 0 bridgehead atoms. The molecule has 1 aromatic rings. The summed E-state index contributed by atoms with van der Waals surface area (Å²) < 4.78 is 16.0. The number of nitrogens with one attached hydrogen (secondary N) is 2. The second-order valence-corrected chi connectivity index (χ2v) is 4.78. The van der Waals surface area contributed by atoms with E-state index >= 15 is 0 Å². The molecule has 1 aromatic carbocycles. The summed E-state index contributed by atoms with van der Waals surface area (Å²) >= 11 is 0. The molecule has 1 fully saturated rings. The molecule has 1 amide bonds. The van der Waals surface area contributed by atoms with E-state index in [9.17, 15) is 4.79 Å². The molecule has 6 nitrogen and oxygen atoms in total. The molecule has 0 spiro atoms. The van der Waals surface area contributed by atoms with Crippen molar-refractivity contribution in [2.24, 2.45) is 0 Å². The van der Waals surface area contributed by atoms with Crippen LogP contribution >= 0.6 is 12.4 Å². The number of morpholine rings is 1. The Morgan fingerprint density at radius 2 is 2.27 bits per heavy atom. The minimum atomic E-state index is -0.0517. The van der Waals surface area contributed by atoms with Gasteiger partial charge in [-0.25, -0.2) is 0 Å². The molecule has 1 atom stereocenters. The fourth-order valence-corrected chi connectivity index (χ4v) is 2.21. The van der Waals surface area contributed by atoms with Gasteiger partial charge in [0.05, 0.1) is 26.9 Å². The largest absolute Gasteiger partial charge is 0.493 e. The maximum atomic E-state index is 12.0. The third-order valence-electron chi connectivity index (χ3n) is 3.18. The second-order valence-electron chi connectivity index (χ2n) is 4.78. The van der Waals surface area contributed by atoms with E-state index in [1.54, 1.807) is 25.3 Å². The molecule has 2 N–H and O–H groups in total. The maximum Gasteiger partial charge on any atom is 0.226 e. The van der Waals surface area contributed by atoms with Crippen LogP contribution in [-0.2, 0) is 9.53 Å². The van der Waals surface area contributed by atoms with Gasteiger partial charge >= 0.3 is 0 Å². The summed E-state index contributed by atoms with van der Waals surface area (Å²) in [5, 5.41) is 6.12. The van der Waals surface area contributed by atoms with Gasteiger partial charge in [0.1, 0.15) is 0 Å². The lowest BCUT2D eigenvalue weighted by molar-refractivity contribution is -0.117. The van der Waals surface area contributed by atoms with Crippen LogP contribution in [0.2, 0.25) is 0 Å². The quantitative estimate of drug-likeness (QED) is 0.833. The van der Waals surface area contributed by atoms with Gasteiger partial charge in [0.2, 0.25) is 5.91 Å². The Morgan fingerprint density at radius 3 is 2.91 bits per heavy atom. The van der Waals surface area contributed by atoms with E-state index in [1.807, 2.05) is 6.92 Å². The molecule has 2 rings (SSSR count).